The maximum atomic E-state index is 11.1. The van der Waals surface area contributed by atoms with Crippen molar-refractivity contribution >= 4 is 32.9 Å². The number of aromatic nitrogens is 1. The molecule has 19 heavy (non-hydrogen) atoms. The van der Waals surface area contributed by atoms with Crippen molar-refractivity contribution in [3.8, 4) is 0 Å². The smallest absolute Gasteiger partial charge is 0.407 e. The largest absolute Gasteiger partial charge is 0.465 e. The maximum Gasteiger partial charge on any atom is 0.407 e. The number of halogens is 1. The first kappa shape index (κ1) is 12.5. The van der Waals surface area contributed by atoms with E-state index in [2.05, 4.69) is 52.5 Å². The third-order valence-corrected chi connectivity index (χ3v) is 4.60. The lowest BCUT2D eigenvalue weighted by molar-refractivity contribution is 0.126. The number of carboxylic acid groups (broad SMARTS) is 1. The van der Waals surface area contributed by atoms with Crippen molar-refractivity contribution in [3.63, 3.8) is 0 Å². The molecule has 0 aliphatic carbocycles. The molecule has 0 radical (unpaired) electrons. The van der Waals surface area contributed by atoms with Crippen LogP contribution in [0.25, 0.3) is 10.9 Å². The zero-order valence-electron chi connectivity index (χ0n) is 10.9. The van der Waals surface area contributed by atoms with Gasteiger partial charge in [-0.25, -0.2) is 4.79 Å². The molecule has 2 heterocycles. The minimum absolute atomic E-state index is 0.165. The lowest BCUT2D eigenvalue weighted by Crippen LogP contribution is -2.39. The summed E-state index contributed by atoms with van der Waals surface area (Å²) in [5.41, 5.74) is 3.45. The van der Waals surface area contributed by atoms with Gasteiger partial charge >= 0.3 is 6.09 Å². The summed E-state index contributed by atoms with van der Waals surface area (Å²) >= 11 is 3.55. The minimum atomic E-state index is -0.847. The summed E-state index contributed by atoms with van der Waals surface area (Å²) in [5.74, 6) is 0. The highest BCUT2D eigenvalue weighted by atomic mass is 79.9. The van der Waals surface area contributed by atoms with Gasteiger partial charge in [0.05, 0.1) is 6.54 Å². The second-order valence-electron chi connectivity index (χ2n) is 5.18. The van der Waals surface area contributed by atoms with Crippen LogP contribution in [-0.2, 0) is 6.54 Å². The van der Waals surface area contributed by atoms with Crippen LogP contribution in [0.3, 0.4) is 0 Å². The summed E-state index contributed by atoms with van der Waals surface area (Å²) in [6.45, 7) is 5.14. The monoisotopic (exact) mass is 322 g/mol. The van der Waals surface area contributed by atoms with Gasteiger partial charge < -0.3 is 14.6 Å². The van der Waals surface area contributed by atoms with E-state index in [0.29, 0.717) is 13.1 Å². The average Bonchev–Trinajstić information content (AvgIpc) is 2.67. The Kier molecular flexibility index (Phi) is 2.82. The van der Waals surface area contributed by atoms with E-state index in [4.69, 9.17) is 5.11 Å². The molecule has 2 aromatic rings. The Hall–Kier alpha value is -1.49. The Bertz CT molecular complexity index is 678. The molecule has 1 amide bonds. The molecule has 1 aliphatic rings. The van der Waals surface area contributed by atoms with Gasteiger partial charge in [-0.15, -0.1) is 0 Å². The highest BCUT2D eigenvalue weighted by Gasteiger charge is 2.26. The lowest BCUT2D eigenvalue weighted by atomic mass is 10.2. The molecule has 1 aromatic heterocycles. The minimum Gasteiger partial charge on any atom is -0.465 e. The summed E-state index contributed by atoms with van der Waals surface area (Å²) in [4.78, 5) is 12.6. The van der Waals surface area contributed by atoms with Crippen LogP contribution in [0, 0.1) is 6.92 Å². The molecule has 3 rings (SSSR count). The number of hydrogen-bond donors (Lipinski definition) is 1. The van der Waals surface area contributed by atoms with E-state index in [9.17, 15) is 4.79 Å². The second-order valence-corrected chi connectivity index (χ2v) is 6.03. The first-order valence-corrected chi connectivity index (χ1v) is 7.04. The number of rotatable bonds is 0. The number of nitrogens with zero attached hydrogens (tertiary/aromatic N) is 2. The van der Waals surface area contributed by atoms with Crippen LogP contribution >= 0.6 is 15.9 Å². The van der Waals surface area contributed by atoms with Crippen molar-refractivity contribution < 1.29 is 9.90 Å². The van der Waals surface area contributed by atoms with Crippen molar-refractivity contribution in [1.82, 2.24) is 9.47 Å². The summed E-state index contributed by atoms with van der Waals surface area (Å²) in [6, 6.07) is 6.52. The van der Waals surface area contributed by atoms with Crippen molar-refractivity contribution in [3.05, 3.63) is 33.9 Å². The van der Waals surface area contributed by atoms with Crippen molar-refractivity contribution in [1.29, 1.82) is 0 Å². The Labute approximate surface area is 119 Å². The Balaban J connectivity index is 2.18. The molecular weight excluding hydrogens is 308 g/mol. The van der Waals surface area contributed by atoms with Crippen LogP contribution in [0.5, 0.6) is 0 Å². The normalized spacial score (nSPS) is 18.7. The zero-order valence-corrected chi connectivity index (χ0v) is 12.4. The van der Waals surface area contributed by atoms with E-state index in [1.54, 1.807) is 0 Å². The van der Waals surface area contributed by atoms with Crippen LogP contribution in [0.2, 0.25) is 0 Å². The molecule has 100 valence electrons. The van der Waals surface area contributed by atoms with Gasteiger partial charge in [-0.1, -0.05) is 15.9 Å². The van der Waals surface area contributed by atoms with Crippen molar-refractivity contribution in [2.45, 2.75) is 26.4 Å². The van der Waals surface area contributed by atoms with Gasteiger partial charge in [0.2, 0.25) is 0 Å². The third kappa shape index (κ3) is 1.92. The van der Waals surface area contributed by atoms with E-state index < -0.39 is 6.09 Å². The molecule has 5 heteroatoms. The van der Waals surface area contributed by atoms with E-state index >= 15 is 0 Å². The summed E-state index contributed by atoms with van der Waals surface area (Å²) in [7, 11) is 0. The van der Waals surface area contributed by atoms with E-state index in [1.807, 2.05) is 0 Å². The van der Waals surface area contributed by atoms with E-state index in [-0.39, 0.29) is 6.04 Å². The molecule has 0 saturated carbocycles. The molecule has 1 atom stereocenters. The fraction of sp³-hybridized carbons (Fsp3) is 0.357. The van der Waals surface area contributed by atoms with Gasteiger partial charge in [0.25, 0.3) is 0 Å². The van der Waals surface area contributed by atoms with E-state index in [0.717, 1.165) is 15.6 Å². The molecule has 0 bridgehead atoms. The number of carbonyl (C=O) groups is 1. The summed E-state index contributed by atoms with van der Waals surface area (Å²) in [6.07, 6.45) is -0.847. The molecule has 0 spiro atoms. The molecule has 0 fully saturated rings. The highest BCUT2D eigenvalue weighted by Crippen LogP contribution is 2.32. The summed E-state index contributed by atoms with van der Waals surface area (Å²) < 4.78 is 3.35. The van der Waals surface area contributed by atoms with Gasteiger partial charge in [-0.3, -0.25) is 0 Å². The molecule has 1 aliphatic heterocycles. The van der Waals surface area contributed by atoms with Gasteiger partial charge in [-0.05, 0) is 37.6 Å². The summed E-state index contributed by atoms with van der Waals surface area (Å²) in [5, 5.41) is 10.3. The molecule has 0 unspecified atom stereocenters. The number of fused-ring (bicyclic) bond motifs is 3. The fourth-order valence-corrected chi connectivity index (χ4v) is 3.22. The van der Waals surface area contributed by atoms with Crippen LogP contribution in [0.4, 0.5) is 4.79 Å². The maximum absolute atomic E-state index is 11.1. The third-order valence-electron chi connectivity index (χ3n) is 3.75. The SMILES string of the molecule is Cc1cc2c(cc1Br)cc1n2[C@H](C)CN(C(=O)O)C1. The van der Waals surface area contributed by atoms with Crippen LogP contribution in [0.15, 0.2) is 22.7 Å². The fourth-order valence-electron chi connectivity index (χ4n) is 2.86. The molecule has 4 nitrogen and oxygen atoms in total. The second kappa shape index (κ2) is 4.27. The van der Waals surface area contributed by atoms with Crippen LogP contribution in [-0.4, -0.2) is 27.2 Å². The van der Waals surface area contributed by atoms with Gasteiger partial charge in [0.15, 0.2) is 0 Å². The van der Waals surface area contributed by atoms with Gasteiger partial charge in [0.1, 0.15) is 0 Å². The number of hydrogen-bond acceptors (Lipinski definition) is 1. The topological polar surface area (TPSA) is 45.5 Å². The number of aryl methyl sites for hydroxylation is 1. The van der Waals surface area contributed by atoms with E-state index in [1.165, 1.54) is 16.0 Å². The molecule has 1 aromatic carbocycles. The Morgan fingerprint density at radius 2 is 2.16 bits per heavy atom. The average molecular weight is 323 g/mol. The number of amides is 1. The lowest BCUT2D eigenvalue weighted by Gasteiger charge is -2.31. The first-order chi connectivity index (χ1) is 8.97. The quantitative estimate of drug-likeness (QED) is 0.802. The van der Waals surface area contributed by atoms with Crippen LogP contribution in [0.1, 0.15) is 24.2 Å². The first-order valence-electron chi connectivity index (χ1n) is 6.25. The van der Waals surface area contributed by atoms with Crippen molar-refractivity contribution in [2.24, 2.45) is 0 Å². The van der Waals surface area contributed by atoms with Crippen LogP contribution < -0.4 is 0 Å². The highest BCUT2D eigenvalue weighted by molar-refractivity contribution is 9.10. The molecule has 0 saturated heterocycles. The molecular formula is C14H15BrN2O2. The Morgan fingerprint density at radius 3 is 2.84 bits per heavy atom. The Morgan fingerprint density at radius 1 is 1.42 bits per heavy atom. The van der Waals surface area contributed by atoms with Gasteiger partial charge in [-0.2, -0.15) is 0 Å². The van der Waals surface area contributed by atoms with Gasteiger partial charge in [0, 0.05) is 33.7 Å². The predicted molar refractivity (Wildman–Crippen MR) is 77.5 cm³/mol. The molecule has 1 N–H and O–H groups in total. The standard InChI is InChI=1S/C14H15BrN2O2/c1-8-3-13-10(5-12(8)15)4-11-7-16(14(18)19)6-9(2)17(11)13/h3-5,9H,6-7H2,1-2H3,(H,18,19)/t9-/m1/s1. The zero-order chi connectivity index (χ0) is 13.7. The number of benzene rings is 1. The predicted octanol–water partition coefficient (Wildman–Crippen LogP) is 3.77. The van der Waals surface area contributed by atoms with Crippen molar-refractivity contribution in [2.75, 3.05) is 6.54 Å².